The van der Waals surface area contributed by atoms with Crippen LogP contribution in [0.15, 0.2) is 48.7 Å². The number of fused-ring (bicyclic) bond motifs is 1. The number of rotatable bonds is 7. The summed E-state index contributed by atoms with van der Waals surface area (Å²) in [5, 5.41) is 11.4. The van der Waals surface area contributed by atoms with Crippen LogP contribution < -0.4 is 14.8 Å². The molecule has 2 aromatic carbocycles. The Balaban J connectivity index is 1.47. The predicted octanol–water partition coefficient (Wildman–Crippen LogP) is 3.86. The minimum atomic E-state index is -0.182. The molecule has 7 heteroatoms. The zero-order valence-corrected chi connectivity index (χ0v) is 17.2. The highest BCUT2D eigenvalue weighted by Gasteiger charge is 2.19. The van der Waals surface area contributed by atoms with Crippen molar-refractivity contribution in [1.29, 1.82) is 0 Å². The number of amides is 1. The fourth-order valence-corrected chi connectivity index (χ4v) is 3.61. The number of aromatic nitrogens is 3. The summed E-state index contributed by atoms with van der Waals surface area (Å²) in [6.07, 6.45) is 2.73. The number of nitrogens with zero attached hydrogens (tertiary/aromatic N) is 1. The van der Waals surface area contributed by atoms with E-state index in [0.717, 1.165) is 23.1 Å². The molecule has 4 aromatic rings. The zero-order valence-electron chi connectivity index (χ0n) is 17.2. The second kappa shape index (κ2) is 8.32. The molecule has 0 spiro atoms. The Morgan fingerprint density at radius 3 is 2.77 bits per heavy atom. The maximum atomic E-state index is 12.7. The van der Waals surface area contributed by atoms with Gasteiger partial charge in [0.2, 0.25) is 0 Å². The number of H-pyrrole nitrogens is 2. The summed E-state index contributed by atoms with van der Waals surface area (Å²) >= 11 is 0. The van der Waals surface area contributed by atoms with E-state index in [1.807, 2.05) is 43.5 Å². The van der Waals surface area contributed by atoms with Crippen molar-refractivity contribution in [2.24, 2.45) is 0 Å². The first kappa shape index (κ1) is 19.6. The van der Waals surface area contributed by atoms with Gasteiger partial charge in [-0.05, 0) is 37.1 Å². The lowest BCUT2D eigenvalue weighted by atomic mass is 10.1. The van der Waals surface area contributed by atoms with E-state index in [-0.39, 0.29) is 5.91 Å². The van der Waals surface area contributed by atoms with Crippen molar-refractivity contribution in [3.63, 3.8) is 0 Å². The van der Waals surface area contributed by atoms with Gasteiger partial charge < -0.3 is 19.8 Å². The van der Waals surface area contributed by atoms with E-state index in [2.05, 4.69) is 26.6 Å². The minimum absolute atomic E-state index is 0.182. The molecule has 0 fully saturated rings. The molecule has 0 bridgehead atoms. The first-order chi connectivity index (χ1) is 14.6. The van der Waals surface area contributed by atoms with Gasteiger partial charge in [-0.3, -0.25) is 9.89 Å². The molecule has 154 valence electrons. The van der Waals surface area contributed by atoms with Gasteiger partial charge in [-0.15, -0.1) is 0 Å². The summed E-state index contributed by atoms with van der Waals surface area (Å²) in [5.74, 6) is 1.15. The van der Waals surface area contributed by atoms with Crippen molar-refractivity contribution in [2.75, 3.05) is 20.8 Å². The van der Waals surface area contributed by atoms with Gasteiger partial charge >= 0.3 is 0 Å². The molecule has 0 saturated carbocycles. The Morgan fingerprint density at radius 2 is 1.97 bits per heavy atom. The largest absolute Gasteiger partial charge is 0.497 e. The lowest BCUT2D eigenvalue weighted by Crippen LogP contribution is -2.26. The lowest BCUT2D eigenvalue weighted by Gasteiger charge is -2.09. The molecule has 0 aliphatic carbocycles. The number of methoxy groups -OCH3 is 2. The second-order valence-corrected chi connectivity index (χ2v) is 7.00. The topological polar surface area (TPSA) is 92.0 Å². The number of carbonyl (C=O) groups is 1. The monoisotopic (exact) mass is 404 g/mol. The van der Waals surface area contributed by atoms with Crippen LogP contribution >= 0.6 is 0 Å². The van der Waals surface area contributed by atoms with E-state index in [9.17, 15) is 4.79 Å². The van der Waals surface area contributed by atoms with Crippen molar-refractivity contribution >= 4 is 16.8 Å². The fraction of sp³-hybridized carbons (Fsp3) is 0.217. The number of para-hydroxylation sites is 1. The van der Waals surface area contributed by atoms with Crippen LogP contribution in [0.1, 0.15) is 21.6 Å². The van der Waals surface area contributed by atoms with E-state index in [1.54, 1.807) is 20.3 Å². The molecular weight excluding hydrogens is 380 g/mol. The summed E-state index contributed by atoms with van der Waals surface area (Å²) < 4.78 is 10.7. The standard InChI is InChI=1S/C23H24N4O3/c1-14-21(18-9-8-16(29-2)12-20(18)30-3)26-27-22(14)23(28)24-11-10-15-13-25-19-7-5-4-6-17(15)19/h4-9,12-13,25H,10-11H2,1-3H3,(H,24,28)(H,26,27). The van der Waals surface area contributed by atoms with Gasteiger partial charge in [0, 0.05) is 40.8 Å². The van der Waals surface area contributed by atoms with Gasteiger partial charge in [-0.25, -0.2) is 0 Å². The van der Waals surface area contributed by atoms with Gasteiger partial charge in [0.25, 0.3) is 5.91 Å². The molecule has 0 radical (unpaired) electrons. The Labute approximate surface area is 174 Å². The Hall–Kier alpha value is -3.74. The molecule has 0 saturated heterocycles. The Morgan fingerprint density at radius 1 is 1.13 bits per heavy atom. The molecule has 7 nitrogen and oxygen atoms in total. The lowest BCUT2D eigenvalue weighted by molar-refractivity contribution is 0.0948. The van der Waals surface area contributed by atoms with E-state index in [0.29, 0.717) is 29.4 Å². The first-order valence-corrected chi connectivity index (χ1v) is 9.73. The summed E-state index contributed by atoms with van der Waals surface area (Å²) in [6, 6.07) is 13.6. The van der Waals surface area contributed by atoms with Gasteiger partial charge in [0.15, 0.2) is 0 Å². The number of nitrogens with one attached hydrogen (secondary N) is 3. The summed E-state index contributed by atoms with van der Waals surface area (Å²) in [4.78, 5) is 16.0. The summed E-state index contributed by atoms with van der Waals surface area (Å²) in [5.41, 5.74) is 4.96. The third-order valence-corrected chi connectivity index (χ3v) is 5.26. The SMILES string of the molecule is COc1ccc(-c2n[nH]c(C(=O)NCCc3c[nH]c4ccccc34)c2C)c(OC)c1. The van der Waals surface area contributed by atoms with Crippen molar-refractivity contribution in [1.82, 2.24) is 20.5 Å². The highest BCUT2D eigenvalue weighted by atomic mass is 16.5. The van der Waals surface area contributed by atoms with Crippen LogP contribution in [0.2, 0.25) is 0 Å². The number of carbonyl (C=O) groups excluding carboxylic acids is 1. The number of hydrogen-bond acceptors (Lipinski definition) is 4. The number of ether oxygens (including phenoxy) is 2. The molecule has 0 aliphatic rings. The minimum Gasteiger partial charge on any atom is -0.497 e. The summed E-state index contributed by atoms with van der Waals surface area (Å²) in [7, 11) is 3.20. The van der Waals surface area contributed by atoms with Crippen LogP contribution in [0.3, 0.4) is 0 Å². The number of benzene rings is 2. The van der Waals surface area contributed by atoms with Crippen LogP contribution in [-0.2, 0) is 6.42 Å². The van der Waals surface area contributed by atoms with Crippen LogP contribution in [0, 0.1) is 6.92 Å². The molecule has 3 N–H and O–H groups in total. The maximum Gasteiger partial charge on any atom is 0.269 e. The molecule has 0 aliphatic heterocycles. The molecule has 4 rings (SSSR count). The average Bonchev–Trinajstić information content (AvgIpc) is 3.36. The average molecular weight is 404 g/mol. The van der Waals surface area contributed by atoms with E-state index in [1.165, 1.54) is 10.9 Å². The Bertz CT molecular complexity index is 1190. The fourth-order valence-electron chi connectivity index (χ4n) is 3.61. The molecule has 0 atom stereocenters. The summed E-state index contributed by atoms with van der Waals surface area (Å²) in [6.45, 7) is 2.40. The molecule has 2 aromatic heterocycles. The zero-order chi connectivity index (χ0) is 21.1. The second-order valence-electron chi connectivity index (χ2n) is 7.00. The highest BCUT2D eigenvalue weighted by Crippen LogP contribution is 2.34. The number of hydrogen-bond donors (Lipinski definition) is 3. The molecule has 2 heterocycles. The van der Waals surface area contributed by atoms with E-state index < -0.39 is 0 Å². The van der Waals surface area contributed by atoms with Gasteiger partial charge in [-0.1, -0.05) is 18.2 Å². The first-order valence-electron chi connectivity index (χ1n) is 9.73. The molecule has 30 heavy (non-hydrogen) atoms. The highest BCUT2D eigenvalue weighted by molar-refractivity contribution is 5.95. The molecule has 1 amide bonds. The van der Waals surface area contributed by atoms with Crippen molar-refractivity contribution in [3.05, 3.63) is 65.5 Å². The maximum absolute atomic E-state index is 12.7. The van der Waals surface area contributed by atoms with Crippen LogP contribution in [0.25, 0.3) is 22.2 Å². The third kappa shape index (κ3) is 3.61. The quantitative estimate of drug-likeness (QED) is 0.436. The van der Waals surface area contributed by atoms with Crippen molar-refractivity contribution in [3.8, 4) is 22.8 Å². The Kier molecular flexibility index (Phi) is 5.43. The van der Waals surface area contributed by atoms with Crippen LogP contribution in [0.5, 0.6) is 11.5 Å². The van der Waals surface area contributed by atoms with E-state index in [4.69, 9.17) is 9.47 Å². The third-order valence-electron chi connectivity index (χ3n) is 5.26. The van der Waals surface area contributed by atoms with Crippen LogP contribution in [0.4, 0.5) is 0 Å². The van der Waals surface area contributed by atoms with Gasteiger partial charge in [0.05, 0.1) is 19.9 Å². The normalized spacial score (nSPS) is 10.9. The van der Waals surface area contributed by atoms with Crippen molar-refractivity contribution in [2.45, 2.75) is 13.3 Å². The van der Waals surface area contributed by atoms with Gasteiger partial charge in [0.1, 0.15) is 17.2 Å². The van der Waals surface area contributed by atoms with E-state index >= 15 is 0 Å². The van der Waals surface area contributed by atoms with Crippen LogP contribution in [-0.4, -0.2) is 41.9 Å². The smallest absolute Gasteiger partial charge is 0.269 e. The van der Waals surface area contributed by atoms with Gasteiger partial charge in [-0.2, -0.15) is 5.10 Å². The number of aromatic amines is 2. The molecular formula is C23H24N4O3. The predicted molar refractivity (Wildman–Crippen MR) is 116 cm³/mol. The van der Waals surface area contributed by atoms with Crippen molar-refractivity contribution < 1.29 is 14.3 Å². The molecule has 0 unspecified atom stereocenters.